The van der Waals surface area contributed by atoms with Crippen LogP contribution in [0.25, 0.3) is 11.4 Å². The van der Waals surface area contributed by atoms with Crippen LogP contribution in [-0.4, -0.2) is 41.7 Å². The molecule has 3 N–H and O–H groups in total. The third-order valence-corrected chi connectivity index (χ3v) is 6.96. The van der Waals surface area contributed by atoms with Crippen LogP contribution in [0.5, 0.6) is 0 Å². The Bertz CT molecular complexity index is 1340. The van der Waals surface area contributed by atoms with Crippen molar-refractivity contribution in [2.75, 3.05) is 17.8 Å². The first kappa shape index (κ1) is 25.5. The van der Waals surface area contributed by atoms with Crippen molar-refractivity contribution in [3.8, 4) is 11.4 Å². The number of nitrogens with one attached hydrogen (secondary N) is 2. The van der Waals surface area contributed by atoms with Gasteiger partial charge in [0.15, 0.2) is 0 Å². The Morgan fingerprint density at radius 1 is 1.03 bits per heavy atom. The van der Waals surface area contributed by atoms with Gasteiger partial charge in [0.05, 0.1) is 11.0 Å². The largest absolute Gasteiger partial charge is 0.387 e. The van der Waals surface area contributed by atoms with Gasteiger partial charge in [-0.2, -0.15) is 4.98 Å². The number of aryl methyl sites for hydroxylation is 1. The average molecular weight is 508 g/mol. The summed E-state index contributed by atoms with van der Waals surface area (Å²) in [6.07, 6.45) is 5.05. The lowest BCUT2D eigenvalue weighted by molar-refractivity contribution is 0.174. The number of rotatable bonds is 12. The van der Waals surface area contributed by atoms with Gasteiger partial charge in [0.25, 0.3) is 10.0 Å². The van der Waals surface area contributed by atoms with Crippen molar-refractivity contribution in [1.82, 2.24) is 20.4 Å². The summed E-state index contributed by atoms with van der Waals surface area (Å²) >= 11 is 0. The van der Waals surface area contributed by atoms with Gasteiger partial charge in [-0.25, -0.2) is 8.42 Å². The zero-order valence-corrected chi connectivity index (χ0v) is 20.8. The van der Waals surface area contributed by atoms with Gasteiger partial charge in [-0.1, -0.05) is 30.3 Å². The van der Waals surface area contributed by atoms with E-state index < -0.39 is 16.1 Å². The van der Waals surface area contributed by atoms with E-state index >= 15 is 0 Å². The lowest BCUT2D eigenvalue weighted by Crippen LogP contribution is -2.23. The molecule has 2 heterocycles. The Morgan fingerprint density at radius 3 is 2.50 bits per heavy atom. The van der Waals surface area contributed by atoms with Crippen molar-refractivity contribution in [2.45, 2.75) is 37.2 Å². The summed E-state index contributed by atoms with van der Waals surface area (Å²) in [5.41, 5.74) is 2.98. The van der Waals surface area contributed by atoms with Gasteiger partial charge in [0.1, 0.15) is 0 Å². The van der Waals surface area contributed by atoms with E-state index in [1.807, 2.05) is 25.1 Å². The maximum atomic E-state index is 12.8. The monoisotopic (exact) mass is 507 g/mol. The van der Waals surface area contributed by atoms with Crippen LogP contribution in [0.4, 0.5) is 5.69 Å². The van der Waals surface area contributed by atoms with Crippen molar-refractivity contribution >= 4 is 15.7 Å². The van der Waals surface area contributed by atoms with Crippen molar-refractivity contribution in [3.05, 3.63) is 90.1 Å². The van der Waals surface area contributed by atoms with Crippen LogP contribution in [0.15, 0.2) is 82.5 Å². The maximum Gasteiger partial charge on any atom is 0.261 e. The number of hydrogen-bond donors (Lipinski definition) is 3. The van der Waals surface area contributed by atoms with Gasteiger partial charge in [-0.3, -0.25) is 9.71 Å². The van der Waals surface area contributed by atoms with Gasteiger partial charge in [-0.05, 0) is 67.4 Å². The molecule has 4 aromatic rings. The summed E-state index contributed by atoms with van der Waals surface area (Å²) in [4.78, 5) is 8.48. The van der Waals surface area contributed by atoms with Crippen LogP contribution in [0.3, 0.4) is 0 Å². The molecule has 0 fully saturated rings. The summed E-state index contributed by atoms with van der Waals surface area (Å²) in [6.45, 7) is 3.13. The van der Waals surface area contributed by atoms with Gasteiger partial charge < -0.3 is 14.9 Å². The molecule has 2 aromatic carbocycles. The first-order valence-corrected chi connectivity index (χ1v) is 13.3. The Hall–Kier alpha value is -3.60. The molecule has 36 heavy (non-hydrogen) atoms. The number of pyridine rings is 1. The van der Waals surface area contributed by atoms with Crippen molar-refractivity contribution in [3.63, 3.8) is 0 Å². The van der Waals surface area contributed by atoms with Gasteiger partial charge in [0.2, 0.25) is 11.7 Å². The van der Waals surface area contributed by atoms with Crippen molar-refractivity contribution in [1.29, 1.82) is 0 Å². The lowest BCUT2D eigenvalue weighted by atomic mass is 10.1. The number of benzene rings is 2. The van der Waals surface area contributed by atoms with E-state index in [2.05, 4.69) is 25.2 Å². The molecule has 188 valence electrons. The third-order valence-electron chi connectivity index (χ3n) is 5.56. The molecule has 0 aliphatic rings. The first-order chi connectivity index (χ1) is 17.4. The van der Waals surface area contributed by atoms with Crippen LogP contribution in [0.2, 0.25) is 0 Å². The quantitative estimate of drug-likeness (QED) is 0.247. The summed E-state index contributed by atoms with van der Waals surface area (Å²) in [6, 6.07) is 17.2. The molecule has 0 spiro atoms. The molecule has 0 aliphatic heterocycles. The second kappa shape index (κ2) is 11.9. The molecule has 0 amide bonds. The second-order valence-electron chi connectivity index (χ2n) is 8.34. The standard InChI is InChI=1S/C26H29N5O4S/c1-2-4-25-29-26(30-35-25)20-8-12-23(13-9-20)36(33,34)31-22-10-6-19(7-11-22)14-16-28-18-24(32)21-5-3-15-27-17-21/h3,5-13,15,17,24,28,31-32H,2,4,14,16,18H2,1H3/t24-/m0/s1. The topological polar surface area (TPSA) is 130 Å². The fraction of sp³-hybridized carbons (Fsp3) is 0.269. The number of aliphatic hydroxyl groups excluding tert-OH is 1. The number of anilines is 1. The highest BCUT2D eigenvalue weighted by atomic mass is 32.2. The van der Waals surface area contributed by atoms with E-state index in [9.17, 15) is 13.5 Å². The van der Waals surface area contributed by atoms with Crippen LogP contribution in [0, 0.1) is 0 Å². The number of nitrogens with zero attached hydrogens (tertiary/aromatic N) is 3. The molecule has 2 aromatic heterocycles. The molecule has 0 saturated heterocycles. The zero-order valence-electron chi connectivity index (χ0n) is 20.0. The normalized spacial score (nSPS) is 12.4. The molecule has 1 atom stereocenters. The molecule has 0 bridgehead atoms. The van der Waals surface area contributed by atoms with Gasteiger partial charge in [0, 0.05) is 42.2 Å². The van der Waals surface area contributed by atoms with E-state index in [1.165, 1.54) is 12.1 Å². The van der Waals surface area contributed by atoms with E-state index in [4.69, 9.17) is 4.52 Å². The Morgan fingerprint density at radius 2 is 1.81 bits per heavy atom. The fourth-order valence-corrected chi connectivity index (χ4v) is 4.65. The fourth-order valence-electron chi connectivity index (χ4n) is 3.59. The summed E-state index contributed by atoms with van der Waals surface area (Å²) in [7, 11) is -3.74. The molecule has 9 nitrogen and oxygen atoms in total. The minimum atomic E-state index is -3.74. The van der Waals surface area contributed by atoms with Crippen molar-refractivity contribution < 1.29 is 18.0 Å². The van der Waals surface area contributed by atoms with Crippen LogP contribution >= 0.6 is 0 Å². The SMILES string of the molecule is CCCc1nc(-c2ccc(S(=O)(=O)Nc3ccc(CCNC[C@H](O)c4cccnc4)cc3)cc2)no1. The summed E-state index contributed by atoms with van der Waals surface area (Å²) in [5.74, 6) is 0.999. The highest BCUT2D eigenvalue weighted by Gasteiger charge is 2.16. The van der Waals surface area contributed by atoms with E-state index in [0.29, 0.717) is 42.5 Å². The second-order valence-corrected chi connectivity index (χ2v) is 10.0. The van der Waals surface area contributed by atoms with Crippen LogP contribution < -0.4 is 10.0 Å². The van der Waals surface area contributed by atoms with Crippen LogP contribution in [-0.2, 0) is 22.9 Å². The molecule has 0 saturated carbocycles. The zero-order chi connectivity index (χ0) is 25.4. The number of hydrogen-bond acceptors (Lipinski definition) is 8. The van der Waals surface area contributed by atoms with Crippen molar-refractivity contribution in [2.24, 2.45) is 0 Å². The predicted molar refractivity (Wildman–Crippen MR) is 137 cm³/mol. The van der Waals surface area contributed by atoms with E-state index in [-0.39, 0.29) is 4.90 Å². The Balaban J connectivity index is 1.28. The van der Waals surface area contributed by atoms with Gasteiger partial charge >= 0.3 is 0 Å². The molecular weight excluding hydrogens is 478 g/mol. The highest BCUT2D eigenvalue weighted by Crippen LogP contribution is 2.21. The first-order valence-electron chi connectivity index (χ1n) is 11.8. The van der Waals surface area contributed by atoms with Crippen LogP contribution in [0.1, 0.15) is 36.5 Å². The summed E-state index contributed by atoms with van der Waals surface area (Å²) < 4.78 is 33.4. The van der Waals surface area contributed by atoms with E-state index in [1.54, 1.807) is 42.7 Å². The Labute approximate surface area is 210 Å². The Kier molecular flexibility index (Phi) is 8.42. The minimum Gasteiger partial charge on any atom is -0.387 e. The predicted octanol–water partition coefficient (Wildman–Crippen LogP) is 3.75. The smallest absolute Gasteiger partial charge is 0.261 e. The summed E-state index contributed by atoms with van der Waals surface area (Å²) in [5, 5.41) is 17.3. The number of aliphatic hydroxyl groups is 1. The average Bonchev–Trinajstić information content (AvgIpc) is 3.37. The minimum absolute atomic E-state index is 0.143. The highest BCUT2D eigenvalue weighted by molar-refractivity contribution is 7.92. The molecule has 0 aliphatic carbocycles. The molecule has 0 radical (unpaired) electrons. The number of sulfonamides is 1. The molecule has 4 rings (SSSR count). The maximum absolute atomic E-state index is 12.8. The number of aromatic nitrogens is 3. The van der Waals surface area contributed by atoms with Gasteiger partial charge in [-0.15, -0.1) is 0 Å². The van der Waals surface area contributed by atoms with E-state index in [0.717, 1.165) is 24.0 Å². The molecule has 0 unspecified atom stereocenters. The lowest BCUT2D eigenvalue weighted by Gasteiger charge is -2.12. The third kappa shape index (κ3) is 6.75. The molecule has 10 heteroatoms. The molecular formula is C26H29N5O4S.